The van der Waals surface area contributed by atoms with Crippen LogP contribution >= 0.6 is 28.3 Å². The summed E-state index contributed by atoms with van der Waals surface area (Å²) in [6.45, 7) is 4.29. The third-order valence-corrected chi connectivity index (χ3v) is 7.03. The molecule has 1 unspecified atom stereocenters. The van der Waals surface area contributed by atoms with Crippen molar-refractivity contribution in [2.75, 3.05) is 32.8 Å². The molecule has 1 saturated heterocycles. The third-order valence-electron chi connectivity index (χ3n) is 4.23. The molecule has 23 heavy (non-hydrogen) atoms. The van der Waals surface area contributed by atoms with Crippen molar-refractivity contribution in [1.29, 1.82) is 0 Å². The summed E-state index contributed by atoms with van der Waals surface area (Å²) in [7, 11) is -3.59. The number of benzene rings is 1. The Morgan fingerprint density at radius 1 is 1.30 bits per heavy atom. The van der Waals surface area contributed by atoms with Gasteiger partial charge in [-0.3, -0.25) is 0 Å². The van der Waals surface area contributed by atoms with Gasteiger partial charge in [-0.2, -0.15) is 4.31 Å². The smallest absolute Gasteiger partial charge is 0.244 e. The molecule has 0 bridgehead atoms. The van der Waals surface area contributed by atoms with Crippen LogP contribution in [0.4, 0.5) is 0 Å². The molecule has 0 saturated carbocycles. The van der Waals surface area contributed by atoms with E-state index < -0.39 is 10.0 Å². The molecule has 3 rings (SSSR count). The van der Waals surface area contributed by atoms with Gasteiger partial charge in [0, 0.05) is 23.6 Å². The number of sulfonamides is 1. The molecule has 0 aliphatic carbocycles. The van der Waals surface area contributed by atoms with E-state index in [1.54, 1.807) is 6.07 Å². The largest absolute Gasteiger partial charge is 0.486 e. The molecule has 130 valence electrons. The summed E-state index contributed by atoms with van der Waals surface area (Å²) < 4.78 is 38.7. The molecule has 1 atom stereocenters. The van der Waals surface area contributed by atoms with E-state index in [1.807, 2.05) is 6.92 Å². The van der Waals surface area contributed by atoms with Gasteiger partial charge < -0.3 is 15.2 Å². The minimum atomic E-state index is -3.59. The van der Waals surface area contributed by atoms with Crippen molar-refractivity contribution in [3.63, 3.8) is 0 Å². The first-order chi connectivity index (χ1) is 10.4. The van der Waals surface area contributed by atoms with Gasteiger partial charge in [0.25, 0.3) is 0 Å². The van der Waals surface area contributed by atoms with Gasteiger partial charge in [0.2, 0.25) is 10.0 Å². The fourth-order valence-electron chi connectivity index (χ4n) is 2.73. The normalized spacial score (nSPS) is 24.3. The fraction of sp³-hybridized carbons (Fsp3) is 0.571. The molecule has 2 aliphatic rings. The van der Waals surface area contributed by atoms with Gasteiger partial charge in [-0.1, -0.05) is 6.92 Å². The number of rotatable bonds is 3. The molecule has 6 nitrogen and oxygen atoms in total. The predicted octanol–water partition coefficient (Wildman–Crippen LogP) is 2.00. The van der Waals surface area contributed by atoms with Gasteiger partial charge in [-0.15, -0.1) is 12.4 Å². The second kappa shape index (κ2) is 6.76. The molecular weight excluding hydrogens is 408 g/mol. The number of fused-ring (bicyclic) bond motifs is 1. The molecule has 0 aromatic heterocycles. The maximum Gasteiger partial charge on any atom is 0.244 e. The summed E-state index contributed by atoms with van der Waals surface area (Å²) in [4.78, 5) is 0.207. The number of halogens is 2. The zero-order valence-electron chi connectivity index (χ0n) is 12.7. The first-order valence-corrected chi connectivity index (χ1v) is 9.38. The van der Waals surface area contributed by atoms with Crippen molar-refractivity contribution < 1.29 is 17.9 Å². The lowest BCUT2D eigenvalue weighted by Crippen LogP contribution is -2.34. The summed E-state index contributed by atoms with van der Waals surface area (Å²) in [6.07, 6.45) is 0.769. The van der Waals surface area contributed by atoms with Crippen molar-refractivity contribution >= 4 is 38.4 Å². The van der Waals surface area contributed by atoms with Gasteiger partial charge >= 0.3 is 0 Å². The van der Waals surface area contributed by atoms with Crippen molar-refractivity contribution in [2.45, 2.75) is 18.2 Å². The van der Waals surface area contributed by atoms with E-state index in [2.05, 4.69) is 15.9 Å². The van der Waals surface area contributed by atoms with Crippen LogP contribution in [0.1, 0.15) is 13.3 Å². The zero-order chi connectivity index (χ0) is 16.0. The number of hydrogen-bond acceptors (Lipinski definition) is 5. The zero-order valence-corrected chi connectivity index (χ0v) is 16.0. The average molecular weight is 428 g/mol. The van der Waals surface area contributed by atoms with E-state index in [9.17, 15) is 8.42 Å². The van der Waals surface area contributed by atoms with Gasteiger partial charge in [0.15, 0.2) is 11.5 Å². The monoisotopic (exact) mass is 426 g/mol. The van der Waals surface area contributed by atoms with E-state index in [0.29, 0.717) is 48.8 Å². The van der Waals surface area contributed by atoms with E-state index in [1.165, 1.54) is 10.4 Å². The standard InChI is InChI=1S/C14H19BrN2O4S.ClH/c1-14(8-16)2-3-17(9-14)22(18,19)13-7-12-11(6-10(13)15)20-4-5-21-12;/h6-7H,2-5,8-9,16H2,1H3;1H. The highest BCUT2D eigenvalue weighted by Crippen LogP contribution is 2.40. The molecule has 1 aromatic rings. The van der Waals surface area contributed by atoms with E-state index in [4.69, 9.17) is 15.2 Å². The molecule has 2 N–H and O–H groups in total. The Bertz CT molecular complexity index is 700. The van der Waals surface area contributed by atoms with Gasteiger partial charge in [-0.25, -0.2) is 8.42 Å². The lowest BCUT2D eigenvalue weighted by Gasteiger charge is -2.24. The second-order valence-corrected chi connectivity index (χ2v) is 8.79. The SMILES string of the molecule is CC1(CN)CCN(S(=O)(=O)c2cc3c(cc2Br)OCCO3)C1.Cl. The number of hydrogen-bond donors (Lipinski definition) is 1. The fourth-order valence-corrected chi connectivity index (χ4v) is 5.32. The van der Waals surface area contributed by atoms with Crippen LogP contribution in [0.2, 0.25) is 0 Å². The minimum Gasteiger partial charge on any atom is -0.486 e. The highest BCUT2D eigenvalue weighted by atomic mass is 79.9. The number of nitrogens with two attached hydrogens (primary N) is 1. The van der Waals surface area contributed by atoms with Gasteiger partial charge in [0.05, 0.1) is 0 Å². The first kappa shape index (κ1) is 18.8. The summed E-state index contributed by atoms with van der Waals surface area (Å²) in [5.41, 5.74) is 5.61. The maximum absolute atomic E-state index is 12.9. The molecule has 0 amide bonds. The molecule has 1 fully saturated rings. The molecule has 1 aromatic carbocycles. The summed E-state index contributed by atoms with van der Waals surface area (Å²) >= 11 is 3.34. The molecule has 0 radical (unpaired) electrons. The Labute approximate surface area is 150 Å². The molecular formula is C14H20BrClN2O4S. The molecule has 2 aliphatic heterocycles. The summed E-state index contributed by atoms with van der Waals surface area (Å²) in [5.74, 6) is 1.03. The second-order valence-electron chi connectivity index (χ2n) is 6.03. The average Bonchev–Trinajstić information content (AvgIpc) is 2.90. The van der Waals surface area contributed by atoms with Crippen molar-refractivity contribution in [2.24, 2.45) is 11.1 Å². The van der Waals surface area contributed by atoms with Gasteiger partial charge in [0.1, 0.15) is 18.1 Å². The predicted molar refractivity (Wildman–Crippen MR) is 92.9 cm³/mol. The van der Waals surface area contributed by atoms with Crippen LogP contribution in [-0.2, 0) is 10.0 Å². The van der Waals surface area contributed by atoms with Crippen LogP contribution in [0.5, 0.6) is 11.5 Å². The van der Waals surface area contributed by atoms with Crippen molar-refractivity contribution in [3.8, 4) is 11.5 Å². The topological polar surface area (TPSA) is 81.9 Å². The molecule has 0 spiro atoms. The van der Waals surface area contributed by atoms with Crippen LogP contribution in [-0.4, -0.2) is 45.6 Å². The maximum atomic E-state index is 12.9. The Balaban J connectivity index is 0.00000192. The number of nitrogens with zero attached hydrogens (tertiary/aromatic N) is 1. The summed E-state index contributed by atoms with van der Waals surface area (Å²) in [6, 6.07) is 3.19. The van der Waals surface area contributed by atoms with Crippen LogP contribution in [0.25, 0.3) is 0 Å². The van der Waals surface area contributed by atoms with E-state index >= 15 is 0 Å². The first-order valence-electron chi connectivity index (χ1n) is 7.15. The van der Waals surface area contributed by atoms with Gasteiger partial charge in [-0.05, 0) is 40.4 Å². The minimum absolute atomic E-state index is 0. The quantitative estimate of drug-likeness (QED) is 0.798. The van der Waals surface area contributed by atoms with Crippen LogP contribution in [0.15, 0.2) is 21.5 Å². The van der Waals surface area contributed by atoms with E-state index in [0.717, 1.165) is 6.42 Å². The van der Waals surface area contributed by atoms with Crippen molar-refractivity contribution in [1.82, 2.24) is 4.31 Å². The van der Waals surface area contributed by atoms with Crippen LogP contribution in [0, 0.1) is 5.41 Å². The Morgan fingerprint density at radius 2 is 1.91 bits per heavy atom. The Hall–Kier alpha value is -0.540. The lowest BCUT2D eigenvalue weighted by atomic mass is 9.90. The van der Waals surface area contributed by atoms with Crippen molar-refractivity contribution in [3.05, 3.63) is 16.6 Å². The molecule has 2 heterocycles. The Kier molecular flexibility index (Phi) is 5.52. The number of ether oxygens (including phenoxy) is 2. The lowest BCUT2D eigenvalue weighted by molar-refractivity contribution is 0.171. The summed E-state index contributed by atoms with van der Waals surface area (Å²) in [5, 5.41) is 0. The van der Waals surface area contributed by atoms with Crippen LogP contribution in [0.3, 0.4) is 0 Å². The van der Waals surface area contributed by atoms with E-state index in [-0.39, 0.29) is 22.7 Å². The third kappa shape index (κ3) is 3.46. The highest BCUT2D eigenvalue weighted by Gasteiger charge is 2.40. The van der Waals surface area contributed by atoms with Crippen LogP contribution < -0.4 is 15.2 Å². The highest BCUT2D eigenvalue weighted by molar-refractivity contribution is 9.10. The molecule has 9 heteroatoms. The Morgan fingerprint density at radius 3 is 2.48 bits per heavy atom.